The van der Waals surface area contributed by atoms with Crippen molar-refractivity contribution in [1.82, 2.24) is 24.7 Å². The summed E-state index contributed by atoms with van der Waals surface area (Å²) >= 11 is 1.13. The molecule has 3 aromatic rings. The van der Waals surface area contributed by atoms with Gasteiger partial charge in [-0.3, -0.25) is 9.97 Å². The second-order valence-corrected chi connectivity index (χ2v) is 6.75. The maximum absolute atomic E-state index is 12.9. The highest BCUT2D eigenvalue weighted by Crippen LogP contribution is 2.35. The van der Waals surface area contributed by atoms with Crippen LogP contribution < -0.4 is 0 Å². The van der Waals surface area contributed by atoms with Crippen molar-refractivity contribution in [2.75, 3.05) is 5.75 Å². The Morgan fingerprint density at radius 1 is 0.929 bits per heavy atom. The molecule has 0 radical (unpaired) electrons. The van der Waals surface area contributed by atoms with Gasteiger partial charge in [-0.1, -0.05) is 6.92 Å². The predicted molar refractivity (Wildman–Crippen MR) is 88.8 cm³/mol. The Balaban J connectivity index is 2.00. The number of nitrogens with zero attached hydrogens (tertiary/aromatic N) is 5. The summed E-state index contributed by atoms with van der Waals surface area (Å²) in [4.78, 5) is 11.6. The van der Waals surface area contributed by atoms with E-state index in [-0.39, 0.29) is 22.1 Å². The Morgan fingerprint density at radius 3 is 2.25 bits per heavy atom. The van der Waals surface area contributed by atoms with E-state index in [4.69, 9.17) is 0 Å². The maximum atomic E-state index is 12.9. The van der Waals surface area contributed by atoms with E-state index in [1.54, 1.807) is 6.92 Å². The summed E-state index contributed by atoms with van der Waals surface area (Å²) in [6.45, 7) is 1.76. The van der Waals surface area contributed by atoms with Crippen LogP contribution >= 0.6 is 11.8 Å². The summed E-state index contributed by atoms with van der Waals surface area (Å²) in [5.74, 6) is 0.468. The van der Waals surface area contributed by atoms with E-state index in [0.29, 0.717) is 18.1 Å². The Bertz CT molecular complexity index is 982. The fourth-order valence-corrected chi connectivity index (χ4v) is 3.04. The van der Waals surface area contributed by atoms with Crippen LogP contribution in [0, 0.1) is 0 Å². The SMILES string of the molecule is CCSc1cc(C(F)(F)F)cnc1-c1ncn(-c2cncc(C(F)(F)F)c2)n1. The van der Waals surface area contributed by atoms with E-state index in [2.05, 4.69) is 20.1 Å². The zero-order valence-corrected chi connectivity index (χ0v) is 14.9. The molecule has 0 saturated heterocycles. The monoisotopic (exact) mass is 419 g/mol. The number of alkyl halides is 6. The number of thioether (sulfide) groups is 1. The van der Waals surface area contributed by atoms with E-state index in [0.717, 1.165) is 41.1 Å². The molecule has 5 nitrogen and oxygen atoms in total. The third kappa shape index (κ3) is 4.26. The Kier molecular flexibility index (Phi) is 5.33. The summed E-state index contributed by atoms with van der Waals surface area (Å²) in [6, 6.07) is 1.79. The summed E-state index contributed by atoms with van der Waals surface area (Å²) < 4.78 is 78.3. The van der Waals surface area contributed by atoms with E-state index in [1.165, 1.54) is 0 Å². The van der Waals surface area contributed by atoms with Crippen LogP contribution in [-0.4, -0.2) is 30.5 Å². The average molecular weight is 419 g/mol. The number of hydrogen-bond acceptors (Lipinski definition) is 5. The highest BCUT2D eigenvalue weighted by molar-refractivity contribution is 7.99. The Labute approximate surface area is 158 Å². The third-order valence-corrected chi connectivity index (χ3v) is 4.41. The fraction of sp³-hybridized carbons (Fsp3) is 0.250. The standard InChI is InChI=1S/C16H11F6N5S/c1-2-28-12-4-10(16(20,21)22)6-24-13(12)14-25-8-27(26-14)11-3-9(5-23-7-11)15(17,18)19/h3-8H,2H2,1H3. The molecule has 3 rings (SSSR count). The van der Waals surface area contributed by atoms with Gasteiger partial charge in [-0.15, -0.1) is 16.9 Å². The van der Waals surface area contributed by atoms with Crippen LogP contribution in [0.3, 0.4) is 0 Å². The van der Waals surface area contributed by atoms with Gasteiger partial charge in [0.1, 0.15) is 12.0 Å². The Hall–Kier alpha value is -2.63. The second-order valence-electron chi connectivity index (χ2n) is 5.44. The molecule has 0 saturated carbocycles. The molecular formula is C16H11F6N5S. The predicted octanol–water partition coefficient (Wildman–Crippen LogP) is 4.87. The van der Waals surface area contributed by atoms with Crippen molar-refractivity contribution in [3.05, 3.63) is 48.2 Å². The van der Waals surface area contributed by atoms with Crippen molar-refractivity contribution in [1.29, 1.82) is 0 Å². The van der Waals surface area contributed by atoms with E-state index < -0.39 is 23.5 Å². The van der Waals surface area contributed by atoms with E-state index in [9.17, 15) is 26.3 Å². The molecule has 0 unspecified atom stereocenters. The maximum Gasteiger partial charge on any atom is 0.417 e. The first-order valence-corrected chi connectivity index (χ1v) is 8.73. The molecule has 0 aliphatic carbocycles. The minimum absolute atomic E-state index is 0.00480. The first kappa shape index (κ1) is 20.1. The molecule has 0 bridgehead atoms. The van der Waals surface area contributed by atoms with Crippen LogP contribution in [0.5, 0.6) is 0 Å². The van der Waals surface area contributed by atoms with Gasteiger partial charge in [0, 0.05) is 17.3 Å². The highest BCUT2D eigenvalue weighted by Gasteiger charge is 2.33. The minimum Gasteiger partial charge on any atom is -0.262 e. The Morgan fingerprint density at radius 2 is 1.61 bits per heavy atom. The van der Waals surface area contributed by atoms with Gasteiger partial charge in [-0.25, -0.2) is 9.67 Å². The summed E-state index contributed by atoms with van der Waals surface area (Å²) in [5.41, 5.74) is -1.76. The fourth-order valence-electron chi connectivity index (χ4n) is 2.24. The van der Waals surface area contributed by atoms with Gasteiger partial charge in [0.25, 0.3) is 0 Å². The molecule has 148 valence electrons. The molecular weight excluding hydrogens is 408 g/mol. The lowest BCUT2D eigenvalue weighted by atomic mass is 10.2. The van der Waals surface area contributed by atoms with Crippen LogP contribution in [-0.2, 0) is 12.4 Å². The van der Waals surface area contributed by atoms with Crippen LogP contribution in [0.1, 0.15) is 18.1 Å². The first-order valence-electron chi connectivity index (χ1n) is 7.74. The van der Waals surface area contributed by atoms with E-state index >= 15 is 0 Å². The van der Waals surface area contributed by atoms with Crippen molar-refractivity contribution >= 4 is 11.8 Å². The molecule has 3 aromatic heterocycles. The first-order chi connectivity index (χ1) is 13.1. The lowest BCUT2D eigenvalue weighted by Crippen LogP contribution is -2.07. The number of hydrogen-bond donors (Lipinski definition) is 0. The van der Waals surface area contributed by atoms with Gasteiger partial charge in [-0.05, 0) is 17.9 Å². The van der Waals surface area contributed by atoms with Crippen molar-refractivity contribution in [2.24, 2.45) is 0 Å². The van der Waals surface area contributed by atoms with Gasteiger partial charge in [0.15, 0.2) is 0 Å². The van der Waals surface area contributed by atoms with Crippen molar-refractivity contribution in [3.63, 3.8) is 0 Å². The van der Waals surface area contributed by atoms with Crippen LogP contribution in [0.25, 0.3) is 17.2 Å². The lowest BCUT2D eigenvalue weighted by molar-refractivity contribution is -0.138. The molecule has 0 spiro atoms. The normalized spacial score (nSPS) is 12.4. The zero-order valence-electron chi connectivity index (χ0n) is 14.1. The topological polar surface area (TPSA) is 56.5 Å². The van der Waals surface area contributed by atoms with Crippen LogP contribution in [0.15, 0.2) is 41.9 Å². The second kappa shape index (κ2) is 7.41. The highest BCUT2D eigenvalue weighted by atomic mass is 32.2. The third-order valence-electron chi connectivity index (χ3n) is 3.50. The number of pyridine rings is 2. The van der Waals surface area contributed by atoms with Crippen molar-refractivity contribution in [2.45, 2.75) is 24.2 Å². The van der Waals surface area contributed by atoms with Gasteiger partial charge in [-0.2, -0.15) is 26.3 Å². The molecule has 28 heavy (non-hydrogen) atoms. The van der Waals surface area contributed by atoms with Gasteiger partial charge in [0.2, 0.25) is 5.82 Å². The number of halogens is 6. The lowest BCUT2D eigenvalue weighted by Gasteiger charge is -2.10. The molecule has 0 atom stereocenters. The number of aromatic nitrogens is 5. The molecule has 0 aliphatic heterocycles. The van der Waals surface area contributed by atoms with Gasteiger partial charge >= 0.3 is 12.4 Å². The molecule has 0 aliphatic rings. The van der Waals surface area contributed by atoms with Crippen molar-refractivity contribution < 1.29 is 26.3 Å². The van der Waals surface area contributed by atoms with Crippen LogP contribution in [0.2, 0.25) is 0 Å². The smallest absolute Gasteiger partial charge is 0.262 e. The molecule has 12 heteroatoms. The van der Waals surface area contributed by atoms with Crippen molar-refractivity contribution in [3.8, 4) is 17.2 Å². The summed E-state index contributed by atoms with van der Waals surface area (Å²) in [5, 5.41) is 4.05. The zero-order chi connectivity index (χ0) is 20.5. The van der Waals surface area contributed by atoms with Crippen LogP contribution in [0.4, 0.5) is 26.3 Å². The minimum atomic E-state index is -4.58. The number of rotatable bonds is 4. The molecule has 0 N–H and O–H groups in total. The largest absolute Gasteiger partial charge is 0.417 e. The van der Waals surface area contributed by atoms with Gasteiger partial charge < -0.3 is 0 Å². The van der Waals surface area contributed by atoms with Gasteiger partial charge in [0.05, 0.1) is 23.0 Å². The quantitative estimate of drug-likeness (QED) is 0.446. The average Bonchev–Trinajstić information content (AvgIpc) is 3.10. The molecule has 3 heterocycles. The molecule has 0 amide bonds. The molecule has 0 fully saturated rings. The summed E-state index contributed by atoms with van der Waals surface area (Å²) in [6.07, 6.45) is -5.48. The van der Waals surface area contributed by atoms with E-state index in [1.807, 2.05) is 0 Å². The molecule has 0 aromatic carbocycles. The summed E-state index contributed by atoms with van der Waals surface area (Å²) in [7, 11) is 0.